The number of nitrogens with zero attached hydrogens (tertiary/aromatic N) is 1. The number of rotatable bonds is 7. The SMILES string of the molecule is CCOC(C)(C)CNC(=O)c1cc(NN)ccc1[N+](=O)[O-]. The Morgan fingerprint density at radius 2 is 2.14 bits per heavy atom. The first kappa shape index (κ1) is 16.9. The number of hydrazine groups is 1. The molecule has 0 spiro atoms. The number of hydrogen-bond donors (Lipinski definition) is 3. The molecular formula is C13H20N4O4. The highest BCUT2D eigenvalue weighted by Gasteiger charge is 2.24. The number of nitro groups is 1. The van der Waals surface area contributed by atoms with Crippen LogP contribution >= 0.6 is 0 Å². The van der Waals surface area contributed by atoms with E-state index in [-0.39, 0.29) is 17.8 Å². The van der Waals surface area contributed by atoms with Crippen LogP contribution in [0, 0.1) is 10.1 Å². The molecule has 1 aromatic rings. The predicted octanol–water partition coefficient (Wildman–Crippen LogP) is 1.43. The van der Waals surface area contributed by atoms with E-state index in [0.717, 1.165) is 0 Å². The summed E-state index contributed by atoms with van der Waals surface area (Å²) in [5.74, 6) is 4.71. The molecule has 0 radical (unpaired) electrons. The highest BCUT2D eigenvalue weighted by atomic mass is 16.6. The Balaban J connectivity index is 2.93. The second kappa shape index (κ2) is 7.00. The van der Waals surface area contributed by atoms with Gasteiger partial charge in [-0.25, -0.2) is 0 Å². The number of benzene rings is 1. The lowest BCUT2D eigenvalue weighted by Crippen LogP contribution is -2.40. The molecule has 1 aromatic carbocycles. The van der Waals surface area contributed by atoms with E-state index in [2.05, 4.69) is 10.7 Å². The maximum absolute atomic E-state index is 12.1. The summed E-state index contributed by atoms with van der Waals surface area (Å²) in [6, 6.07) is 4.00. The van der Waals surface area contributed by atoms with Gasteiger partial charge in [0.1, 0.15) is 5.56 Å². The third-order valence-electron chi connectivity index (χ3n) is 2.81. The molecule has 0 aliphatic carbocycles. The molecule has 1 amide bonds. The quantitative estimate of drug-likeness (QED) is 0.398. The lowest BCUT2D eigenvalue weighted by atomic mass is 10.1. The maximum atomic E-state index is 12.1. The summed E-state index contributed by atoms with van der Waals surface area (Å²) in [6.07, 6.45) is 0. The van der Waals surface area contributed by atoms with Gasteiger partial charge in [-0.3, -0.25) is 20.8 Å². The van der Waals surface area contributed by atoms with Crippen molar-refractivity contribution >= 4 is 17.3 Å². The van der Waals surface area contributed by atoms with Gasteiger partial charge in [0.05, 0.1) is 10.5 Å². The van der Waals surface area contributed by atoms with Crippen LogP contribution in [0.1, 0.15) is 31.1 Å². The Kier molecular flexibility index (Phi) is 5.62. The van der Waals surface area contributed by atoms with E-state index >= 15 is 0 Å². The van der Waals surface area contributed by atoms with Crippen LogP contribution < -0.4 is 16.6 Å². The molecule has 0 atom stereocenters. The van der Waals surface area contributed by atoms with Crippen LogP contribution in [0.4, 0.5) is 11.4 Å². The summed E-state index contributed by atoms with van der Waals surface area (Å²) < 4.78 is 5.46. The number of nitrogen functional groups attached to an aromatic ring is 1. The average Bonchev–Trinajstić information content (AvgIpc) is 2.44. The van der Waals surface area contributed by atoms with Crippen molar-refractivity contribution in [2.24, 2.45) is 5.84 Å². The molecule has 0 heterocycles. The van der Waals surface area contributed by atoms with E-state index in [0.29, 0.717) is 12.3 Å². The van der Waals surface area contributed by atoms with E-state index < -0.39 is 16.4 Å². The van der Waals surface area contributed by atoms with E-state index in [1.54, 1.807) is 0 Å². The van der Waals surface area contributed by atoms with Crippen LogP contribution in [-0.2, 0) is 4.74 Å². The number of anilines is 1. The van der Waals surface area contributed by atoms with Gasteiger partial charge >= 0.3 is 0 Å². The van der Waals surface area contributed by atoms with Gasteiger partial charge in [-0.1, -0.05) is 0 Å². The Bertz CT molecular complexity index is 531. The van der Waals surface area contributed by atoms with E-state index in [1.807, 2.05) is 20.8 Å². The molecule has 0 aromatic heterocycles. The van der Waals surface area contributed by atoms with Crippen LogP contribution in [0.5, 0.6) is 0 Å². The summed E-state index contributed by atoms with van der Waals surface area (Å²) in [7, 11) is 0. The third kappa shape index (κ3) is 4.69. The molecule has 8 nitrogen and oxygen atoms in total. The van der Waals surface area contributed by atoms with E-state index in [1.165, 1.54) is 18.2 Å². The summed E-state index contributed by atoms with van der Waals surface area (Å²) in [4.78, 5) is 22.5. The highest BCUT2D eigenvalue weighted by Crippen LogP contribution is 2.22. The van der Waals surface area contributed by atoms with Crippen molar-refractivity contribution in [1.82, 2.24) is 5.32 Å². The number of nitrogens with two attached hydrogens (primary N) is 1. The van der Waals surface area contributed by atoms with Gasteiger partial charge in [-0.15, -0.1) is 0 Å². The molecule has 0 fully saturated rings. The topological polar surface area (TPSA) is 120 Å². The number of nitrogens with one attached hydrogen (secondary N) is 2. The third-order valence-corrected chi connectivity index (χ3v) is 2.81. The number of ether oxygens (including phenoxy) is 1. The van der Waals surface area contributed by atoms with Crippen LogP contribution in [0.2, 0.25) is 0 Å². The zero-order chi connectivity index (χ0) is 16.0. The van der Waals surface area contributed by atoms with E-state index in [4.69, 9.17) is 10.6 Å². The van der Waals surface area contributed by atoms with Gasteiger partial charge in [-0.05, 0) is 32.9 Å². The van der Waals surface area contributed by atoms with Crippen LogP contribution in [-0.4, -0.2) is 29.6 Å². The van der Waals surface area contributed by atoms with Crippen molar-refractivity contribution in [3.63, 3.8) is 0 Å². The number of carbonyl (C=O) groups is 1. The monoisotopic (exact) mass is 296 g/mol. The molecule has 4 N–H and O–H groups in total. The normalized spacial score (nSPS) is 11.0. The Labute approximate surface area is 122 Å². The Hall–Kier alpha value is -2.19. The zero-order valence-electron chi connectivity index (χ0n) is 12.3. The molecule has 8 heteroatoms. The summed E-state index contributed by atoms with van der Waals surface area (Å²) >= 11 is 0. The predicted molar refractivity (Wildman–Crippen MR) is 78.9 cm³/mol. The molecule has 0 aliphatic rings. The first-order valence-corrected chi connectivity index (χ1v) is 6.48. The summed E-state index contributed by atoms with van der Waals surface area (Å²) in [5.41, 5.74) is 1.88. The second-order valence-electron chi connectivity index (χ2n) is 5.01. The van der Waals surface area contributed by atoms with Gasteiger partial charge in [-0.2, -0.15) is 0 Å². The Morgan fingerprint density at radius 1 is 1.48 bits per heavy atom. The largest absolute Gasteiger partial charge is 0.374 e. The number of hydrogen-bond acceptors (Lipinski definition) is 6. The van der Waals surface area contributed by atoms with Crippen molar-refractivity contribution in [1.29, 1.82) is 0 Å². The summed E-state index contributed by atoms with van der Waals surface area (Å²) in [6.45, 7) is 6.24. The minimum absolute atomic E-state index is 0.0530. The molecule has 0 saturated heterocycles. The van der Waals surface area contributed by atoms with Crippen molar-refractivity contribution in [3.05, 3.63) is 33.9 Å². The lowest BCUT2D eigenvalue weighted by molar-refractivity contribution is -0.385. The lowest BCUT2D eigenvalue weighted by Gasteiger charge is -2.24. The first-order valence-electron chi connectivity index (χ1n) is 6.48. The fourth-order valence-electron chi connectivity index (χ4n) is 1.80. The Morgan fingerprint density at radius 3 is 2.67 bits per heavy atom. The van der Waals surface area contributed by atoms with Crippen molar-refractivity contribution in [2.45, 2.75) is 26.4 Å². The van der Waals surface area contributed by atoms with Gasteiger partial charge in [0, 0.05) is 24.9 Å². The molecule has 0 aliphatic heterocycles. The van der Waals surface area contributed by atoms with E-state index in [9.17, 15) is 14.9 Å². The first-order chi connectivity index (χ1) is 9.80. The molecule has 1 rings (SSSR count). The van der Waals surface area contributed by atoms with Crippen LogP contribution in [0.25, 0.3) is 0 Å². The molecule has 0 saturated carbocycles. The number of amides is 1. The molecule has 0 unspecified atom stereocenters. The van der Waals surface area contributed by atoms with Crippen molar-refractivity contribution < 1.29 is 14.5 Å². The van der Waals surface area contributed by atoms with Gasteiger partial charge < -0.3 is 15.5 Å². The fourth-order valence-corrected chi connectivity index (χ4v) is 1.80. The molecule has 116 valence electrons. The molecule has 21 heavy (non-hydrogen) atoms. The maximum Gasteiger partial charge on any atom is 0.282 e. The van der Waals surface area contributed by atoms with Gasteiger partial charge in [0.25, 0.3) is 11.6 Å². The molecule has 0 bridgehead atoms. The van der Waals surface area contributed by atoms with Crippen LogP contribution in [0.15, 0.2) is 18.2 Å². The zero-order valence-corrected chi connectivity index (χ0v) is 12.3. The highest BCUT2D eigenvalue weighted by molar-refractivity contribution is 5.99. The minimum Gasteiger partial charge on any atom is -0.374 e. The summed E-state index contributed by atoms with van der Waals surface area (Å²) in [5, 5.41) is 13.6. The standard InChI is InChI=1S/C13H20N4O4/c1-4-21-13(2,3)8-15-12(18)10-7-9(16-14)5-6-11(10)17(19)20/h5-7,16H,4,8,14H2,1-3H3,(H,15,18). The number of carbonyl (C=O) groups excluding carboxylic acids is 1. The van der Waals surface area contributed by atoms with Crippen LogP contribution in [0.3, 0.4) is 0 Å². The van der Waals surface area contributed by atoms with Crippen molar-refractivity contribution in [3.8, 4) is 0 Å². The minimum atomic E-state index is -0.608. The fraction of sp³-hybridized carbons (Fsp3) is 0.462. The van der Waals surface area contributed by atoms with Crippen molar-refractivity contribution in [2.75, 3.05) is 18.6 Å². The smallest absolute Gasteiger partial charge is 0.282 e. The van der Waals surface area contributed by atoms with Gasteiger partial charge in [0.2, 0.25) is 0 Å². The second-order valence-corrected chi connectivity index (χ2v) is 5.01. The average molecular weight is 296 g/mol. The number of nitro benzene ring substituents is 1. The molecular weight excluding hydrogens is 276 g/mol. The van der Waals surface area contributed by atoms with Gasteiger partial charge in [0.15, 0.2) is 0 Å².